The predicted molar refractivity (Wildman–Crippen MR) is 110 cm³/mol. The molecule has 1 unspecified atom stereocenters. The van der Waals surface area contributed by atoms with Crippen LogP contribution >= 0.6 is 23.1 Å². The number of nitro benzene ring substituents is 1. The summed E-state index contributed by atoms with van der Waals surface area (Å²) in [5.41, 5.74) is 3.31. The van der Waals surface area contributed by atoms with Gasteiger partial charge in [-0.15, -0.1) is 11.3 Å². The van der Waals surface area contributed by atoms with E-state index in [-0.39, 0.29) is 24.0 Å². The van der Waals surface area contributed by atoms with Crippen LogP contribution in [0.1, 0.15) is 12.5 Å². The van der Waals surface area contributed by atoms with Crippen molar-refractivity contribution in [1.82, 2.24) is 10.4 Å². The summed E-state index contributed by atoms with van der Waals surface area (Å²) >= 11 is 2.84. The first kappa shape index (κ1) is 19.2. The van der Waals surface area contributed by atoms with Gasteiger partial charge in [0.1, 0.15) is 0 Å². The number of carbonyl (C=O) groups is 1. The van der Waals surface area contributed by atoms with Crippen LogP contribution in [0.2, 0.25) is 0 Å². The van der Waals surface area contributed by atoms with Crippen molar-refractivity contribution in [1.29, 1.82) is 0 Å². The van der Waals surface area contributed by atoms with Crippen molar-refractivity contribution in [2.45, 2.75) is 16.5 Å². The molecule has 29 heavy (non-hydrogen) atoms. The number of amides is 1. The number of fused-ring (bicyclic) bond motifs is 2. The van der Waals surface area contributed by atoms with E-state index < -0.39 is 10.2 Å². The van der Waals surface area contributed by atoms with Gasteiger partial charge in [-0.25, -0.2) is 10.4 Å². The van der Waals surface area contributed by atoms with E-state index in [0.717, 1.165) is 14.6 Å². The number of rotatable bonds is 6. The average molecular weight is 430 g/mol. The van der Waals surface area contributed by atoms with Gasteiger partial charge in [0, 0.05) is 0 Å². The first-order valence-corrected chi connectivity index (χ1v) is 10.1. The lowest BCUT2D eigenvalue weighted by Crippen LogP contribution is -2.26. The first-order valence-electron chi connectivity index (χ1n) is 8.44. The second-order valence-corrected chi connectivity index (χ2v) is 8.58. The molecular weight excluding hydrogens is 416 g/mol. The number of thioether (sulfide) groups is 1. The molecule has 0 saturated carbocycles. The van der Waals surface area contributed by atoms with Crippen LogP contribution < -0.4 is 14.9 Å². The number of para-hydroxylation sites is 1. The SMILES string of the molecule is CC(Sc1nc2ccccc2s1)C(=O)N/N=C/c1cc2c(cc1[N+](=O)[O-])OCO2. The van der Waals surface area contributed by atoms with Crippen LogP contribution in [0.15, 0.2) is 45.8 Å². The van der Waals surface area contributed by atoms with Crippen LogP contribution in [0.3, 0.4) is 0 Å². The highest BCUT2D eigenvalue weighted by atomic mass is 32.2. The minimum absolute atomic E-state index is 0.00429. The summed E-state index contributed by atoms with van der Waals surface area (Å²) in [5.74, 6) is 0.357. The van der Waals surface area contributed by atoms with Gasteiger partial charge in [-0.1, -0.05) is 23.9 Å². The highest BCUT2D eigenvalue weighted by Gasteiger charge is 2.23. The van der Waals surface area contributed by atoms with Crippen LogP contribution in [0.25, 0.3) is 10.2 Å². The molecule has 1 N–H and O–H groups in total. The number of hydrogen-bond donors (Lipinski definition) is 1. The maximum Gasteiger partial charge on any atom is 0.282 e. The van der Waals surface area contributed by atoms with E-state index in [1.165, 1.54) is 41.4 Å². The van der Waals surface area contributed by atoms with Gasteiger partial charge in [0.25, 0.3) is 11.6 Å². The second-order valence-electron chi connectivity index (χ2n) is 5.96. The highest BCUT2D eigenvalue weighted by Crippen LogP contribution is 2.37. The lowest BCUT2D eigenvalue weighted by molar-refractivity contribution is -0.385. The standard InChI is InChI=1S/C18H14N4O5S2/c1-10(28-18-20-12-4-2-3-5-16(12)29-18)17(23)21-19-8-11-6-14-15(27-9-26-14)7-13(11)22(24)25/h2-8,10H,9H2,1H3,(H,21,23)/b19-8+. The number of hydrogen-bond acceptors (Lipinski definition) is 9. The Labute approximate surface area is 172 Å². The number of ether oxygens (including phenoxy) is 2. The van der Waals surface area contributed by atoms with Crippen LogP contribution in [-0.4, -0.2) is 34.1 Å². The number of aromatic nitrogens is 1. The van der Waals surface area contributed by atoms with E-state index in [1.807, 2.05) is 24.3 Å². The summed E-state index contributed by atoms with van der Waals surface area (Å²) in [4.78, 5) is 27.5. The maximum atomic E-state index is 12.3. The van der Waals surface area contributed by atoms with E-state index >= 15 is 0 Å². The maximum absolute atomic E-state index is 12.3. The van der Waals surface area contributed by atoms with Crippen molar-refractivity contribution in [3.05, 3.63) is 52.1 Å². The molecular formula is C18H14N4O5S2. The Balaban J connectivity index is 1.42. The van der Waals surface area contributed by atoms with Crippen LogP contribution in [0, 0.1) is 10.1 Å². The molecule has 1 atom stereocenters. The van der Waals surface area contributed by atoms with Gasteiger partial charge in [0.15, 0.2) is 15.8 Å². The average Bonchev–Trinajstić information content (AvgIpc) is 3.32. The molecule has 2 aromatic carbocycles. The number of benzene rings is 2. The van der Waals surface area contributed by atoms with Gasteiger partial charge in [-0.2, -0.15) is 5.10 Å². The smallest absolute Gasteiger partial charge is 0.282 e. The molecule has 9 nitrogen and oxygen atoms in total. The van der Waals surface area contributed by atoms with Crippen molar-refractivity contribution in [2.24, 2.45) is 5.10 Å². The predicted octanol–water partition coefficient (Wildman–Crippen LogP) is 3.56. The van der Waals surface area contributed by atoms with Gasteiger partial charge >= 0.3 is 0 Å². The zero-order valence-corrected chi connectivity index (χ0v) is 16.7. The molecule has 1 amide bonds. The summed E-state index contributed by atoms with van der Waals surface area (Å²) in [6.45, 7) is 1.74. The van der Waals surface area contributed by atoms with E-state index in [9.17, 15) is 14.9 Å². The number of carbonyl (C=O) groups excluding carboxylic acids is 1. The van der Waals surface area contributed by atoms with Gasteiger partial charge in [-0.05, 0) is 25.1 Å². The minimum Gasteiger partial charge on any atom is -0.454 e. The Morgan fingerprint density at radius 3 is 2.90 bits per heavy atom. The number of nitrogens with zero attached hydrogens (tertiary/aromatic N) is 3. The second kappa shape index (κ2) is 8.05. The van der Waals surface area contributed by atoms with Crippen molar-refractivity contribution in [2.75, 3.05) is 6.79 Å². The van der Waals surface area contributed by atoms with Crippen molar-refractivity contribution in [3.8, 4) is 11.5 Å². The molecule has 148 valence electrons. The molecule has 1 aliphatic rings. The minimum atomic E-state index is -0.545. The highest BCUT2D eigenvalue weighted by molar-refractivity contribution is 8.02. The van der Waals surface area contributed by atoms with Crippen molar-refractivity contribution < 1.29 is 19.2 Å². The Hall–Kier alpha value is -3.18. The summed E-state index contributed by atoms with van der Waals surface area (Å²) in [5, 5.41) is 14.7. The normalized spacial score (nSPS) is 13.7. The van der Waals surface area contributed by atoms with Crippen molar-refractivity contribution >= 4 is 51.1 Å². The topological polar surface area (TPSA) is 116 Å². The summed E-state index contributed by atoms with van der Waals surface area (Å²) in [6, 6.07) is 10.5. The molecule has 0 bridgehead atoms. The number of thiazole rings is 1. The number of hydrazone groups is 1. The van der Waals surface area contributed by atoms with Crippen LogP contribution in [0.5, 0.6) is 11.5 Å². The monoisotopic (exact) mass is 430 g/mol. The Morgan fingerprint density at radius 1 is 1.38 bits per heavy atom. The van der Waals surface area contributed by atoms with Gasteiger partial charge in [0.2, 0.25) is 6.79 Å². The fourth-order valence-electron chi connectivity index (χ4n) is 2.57. The Bertz CT molecular complexity index is 1100. The van der Waals surface area contributed by atoms with E-state index in [0.29, 0.717) is 11.5 Å². The zero-order valence-electron chi connectivity index (χ0n) is 15.0. The lowest BCUT2D eigenvalue weighted by Gasteiger charge is -2.06. The number of nitro groups is 1. The molecule has 1 aromatic heterocycles. The van der Waals surface area contributed by atoms with Crippen LogP contribution in [0.4, 0.5) is 5.69 Å². The number of nitrogens with one attached hydrogen (secondary N) is 1. The molecule has 0 fully saturated rings. The van der Waals surface area contributed by atoms with E-state index in [4.69, 9.17) is 9.47 Å². The quantitative estimate of drug-likeness (QED) is 0.275. The third kappa shape index (κ3) is 4.15. The summed E-state index contributed by atoms with van der Waals surface area (Å²) in [7, 11) is 0. The Morgan fingerprint density at radius 2 is 2.14 bits per heavy atom. The third-order valence-electron chi connectivity index (χ3n) is 4.02. The molecule has 0 saturated heterocycles. The first-order chi connectivity index (χ1) is 14.0. The lowest BCUT2D eigenvalue weighted by atomic mass is 10.1. The molecule has 2 heterocycles. The molecule has 4 rings (SSSR count). The van der Waals surface area contributed by atoms with Gasteiger partial charge < -0.3 is 9.47 Å². The van der Waals surface area contributed by atoms with E-state index in [2.05, 4.69) is 15.5 Å². The molecule has 11 heteroatoms. The van der Waals surface area contributed by atoms with Gasteiger partial charge in [-0.3, -0.25) is 14.9 Å². The van der Waals surface area contributed by atoms with Gasteiger partial charge in [0.05, 0.1) is 38.2 Å². The third-order valence-corrected chi connectivity index (χ3v) is 6.25. The zero-order chi connectivity index (χ0) is 20.4. The Kier molecular flexibility index (Phi) is 5.32. The van der Waals surface area contributed by atoms with E-state index in [1.54, 1.807) is 6.92 Å². The largest absolute Gasteiger partial charge is 0.454 e. The summed E-state index contributed by atoms with van der Waals surface area (Å²) < 4.78 is 12.2. The molecule has 0 radical (unpaired) electrons. The summed E-state index contributed by atoms with van der Waals surface area (Å²) in [6.07, 6.45) is 1.22. The fourth-order valence-corrected chi connectivity index (χ4v) is 4.78. The molecule has 1 aliphatic heterocycles. The fraction of sp³-hybridized carbons (Fsp3) is 0.167. The van der Waals surface area contributed by atoms with Crippen LogP contribution in [-0.2, 0) is 4.79 Å². The molecule has 3 aromatic rings. The molecule has 0 aliphatic carbocycles. The molecule has 0 spiro atoms. The van der Waals surface area contributed by atoms with Crippen molar-refractivity contribution in [3.63, 3.8) is 0 Å².